The van der Waals surface area contributed by atoms with Gasteiger partial charge in [-0.25, -0.2) is 17.8 Å². The molecule has 4 rings (SSSR count). The molecule has 0 unspecified atom stereocenters. The van der Waals surface area contributed by atoms with E-state index >= 15 is 0 Å². The van der Waals surface area contributed by atoms with Crippen LogP contribution in [0.25, 0.3) is 10.9 Å². The van der Waals surface area contributed by atoms with Crippen molar-refractivity contribution in [1.29, 1.82) is 0 Å². The van der Waals surface area contributed by atoms with Crippen molar-refractivity contribution in [3.63, 3.8) is 0 Å². The van der Waals surface area contributed by atoms with Crippen molar-refractivity contribution >= 4 is 38.0 Å². The van der Waals surface area contributed by atoms with Gasteiger partial charge in [0.2, 0.25) is 14.2 Å². The smallest absolute Gasteiger partial charge is 0.325 e. The topological polar surface area (TPSA) is 78.3 Å². The van der Waals surface area contributed by atoms with E-state index in [1.807, 2.05) is 6.92 Å². The molecule has 0 atom stereocenters. The maximum absolute atomic E-state index is 14.0. The lowest BCUT2D eigenvalue weighted by Crippen LogP contribution is -2.12. The van der Waals surface area contributed by atoms with Crippen molar-refractivity contribution in [2.45, 2.75) is 29.1 Å². The second-order valence-electron chi connectivity index (χ2n) is 6.99. The number of methoxy groups -OCH3 is 1. The molecule has 9 heteroatoms. The SMILES string of the molecule is COC(=O)Cn1c(C)c(Cc2csc(S(=O)(=O)c3ccccc3)n2)c2cc(F)ccc21. The van der Waals surface area contributed by atoms with E-state index in [1.165, 1.54) is 31.4 Å². The Morgan fingerprint density at radius 2 is 1.94 bits per heavy atom. The highest BCUT2D eigenvalue weighted by atomic mass is 32.2. The van der Waals surface area contributed by atoms with Crippen LogP contribution in [0.2, 0.25) is 0 Å². The Kier molecular flexibility index (Phi) is 5.63. The summed E-state index contributed by atoms with van der Waals surface area (Å²) in [6.07, 6.45) is 0.306. The number of hydrogen-bond donors (Lipinski definition) is 0. The third kappa shape index (κ3) is 3.98. The van der Waals surface area contributed by atoms with Gasteiger partial charge >= 0.3 is 5.97 Å². The number of rotatable bonds is 6. The summed E-state index contributed by atoms with van der Waals surface area (Å²) in [5.41, 5.74) is 2.81. The van der Waals surface area contributed by atoms with Crippen LogP contribution in [0.3, 0.4) is 0 Å². The molecule has 4 aromatic rings. The molecular weight excluding hydrogens is 439 g/mol. The third-order valence-corrected chi connectivity index (χ3v) is 8.18. The van der Waals surface area contributed by atoms with Crippen LogP contribution in [0, 0.1) is 12.7 Å². The fourth-order valence-corrected chi connectivity index (χ4v) is 5.96. The summed E-state index contributed by atoms with van der Waals surface area (Å²) < 4.78 is 46.2. The average molecular weight is 459 g/mol. The lowest BCUT2D eigenvalue weighted by atomic mass is 10.1. The molecule has 0 spiro atoms. The van der Waals surface area contributed by atoms with Crippen LogP contribution in [-0.2, 0) is 32.3 Å². The average Bonchev–Trinajstić information content (AvgIpc) is 3.34. The Hall–Kier alpha value is -3.04. The molecule has 2 heterocycles. The van der Waals surface area contributed by atoms with Crippen LogP contribution in [0.15, 0.2) is 63.1 Å². The van der Waals surface area contributed by atoms with Gasteiger partial charge in [-0.2, -0.15) is 0 Å². The molecule has 31 heavy (non-hydrogen) atoms. The number of carbonyl (C=O) groups is 1. The molecule has 0 saturated carbocycles. The number of halogens is 1. The maximum atomic E-state index is 14.0. The van der Waals surface area contributed by atoms with Crippen LogP contribution in [0.4, 0.5) is 4.39 Å². The number of esters is 1. The normalized spacial score (nSPS) is 11.7. The Bertz CT molecular complexity index is 1380. The van der Waals surface area contributed by atoms with Crippen molar-refractivity contribution in [3.8, 4) is 0 Å². The number of fused-ring (bicyclic) bond motifs is 1. The number of carbonyl (C=O) groups excluding carboxylic acids is 1. The lowest BCUT2D eigenvalue weighted by Gasteiger charge is -2.07. The predicted molar refractivity (Wildman–Crippen MR) is 115 cm³/mol. The highest BCUT2D eigenvalue weighted by molar-refractivity contribution is 7.93. The van der Waals surface area contributed by atoms with E-state index in [2.05, 4.69) is 4.98 Å². The van der Waals surface area contributed by atoms with E-state index in [0.29, 0.717) is 23.0 Å². The minimum absolute atomic E-state index is 0.00479. The van der Waals surface area contributed by atoms with Gasteiger partial charge in [-0.05, 0) is 42.8 Å². The fraction of sp³-hybridized carbons (Fsp3) is 0.182. The molecule has 160 valence electrons. The quantitative estimate of drug-likeness (QED) is 0.406. The Morgan fingerprint density at radius 3 is 2.65 bits per heavy atom. The molecule has 0 fully saturated rings. The van der Waals surface area contributed by atoms with Crippen molar-refractivity contribution in [3.05, 3.63) is 76.7 Å². The second-order valence-corrected chi connectivity index (χ2v) is 9.97. The molecular formula is C22H19FN2O4S2. The van der Waals surface area contributed by atoms with Gasteiger partial charge < -0.3 is 9.30 Å². The third-order valence-electron chi connectivity index (χ3n) is 5.10. The van der Waals surface area contributed by atoms with Crippen molar-refractivity contribution in [2.24, 2.45) is 0 Å². The summed E-state index contributed by atoms with van der Waals surface area (Å²) >= 11 is 1.05. The van der Waals surface area contributed by atoms with Crippen LogP contribution >= 0.6 is 11.3 Å². The molecule has 0 amide bonds. The van der Waals surface area contributed by atoms with Gasteiger partial charge in [0.1, 0.15) is 12.4 Å². The molecule has 0 radical (unpaired) electrons. The number of sulfone groups is 1. The summed E-state index contributed by atoms with van der Waals surface area (Å²) in [5, 5.41) is 2.35. The molecule has 6 nitrogen and oxygen atoms in total. The number of nitrogens with zero attached hydrogens (tertiary/aromatic N) is 2. The number of thiazole rings is 1. The van der Waals surface area contributed by atoms with Crippen molar-refractivity contribution in [1.82, 2.24) is 9.55 Å². The monoisotopic (exact) mass is 458 g/mol. The summed E-state index contributed by atoms with van der Waals surface area (Å²) in [7, 11) is -2.39. The van der Waals surface area contributed by atoms with Gasteiger partial charge in [0.25, 0.3) is 0 Å². The second kappa shape index (κ2) is 8.24. The van der Waals surface area contributed by atoms with E-state index in [9.17, 15) is 17.6 Å². The van der Waals surface area contributed by atoms with Gasteiger partial charge in [0, 0.05) is 28.4 Å². The van der Waals surface area contributed by atoms with Crippen LogP contribution in [-0.4, -0.2) is 31.0 Å². The van der Waals surface area contributed by atoms with Crippen LogP contribution < -0.4 is 0 Å². The Morgan fingerprint density at radius 1 is 1.19 bits per heavy atom. The van der Waals surface area contributed by atoms with Crippen LogP contribution in [0.5, 0.6) is 0 Å². The van der Waals surface area contributed by atoms with E-state index in [1.54, 1.807) is 34.2 Å². The van der Waals surface area contributed by atoms with Gasteiger partial charge in [-0.15, -0.1) is 11.3 Å². The van der Waals surface area contributed by atoms with E-state index in [-0.39, 0.29) is 15.8 Å². The van der Waals surface area contributed by atoms with Gasteiger partial charge in [0.15, 0.2) is 0 Å². The minimum atomic E-state index is -3.70. The Balaban J connectivity index is 1.74. The summed E-state index contributed by atoms with van der Waals surface area (Å²) in [6.45, 7) is 1.83. The van der Waals surface area contributed by atoms with Gasteiger partial charge in [-0.3, -0.25) is 4.79 Å². The molecule has 0 aliphatic heterocycles. The first-order valence-corrected chi connectivity index (χ1v) is 11.8. The molecule has 2 aromatic carbocycles. The lowest BCUT2D eigenvalue weighted by molar-refractivity contribution is -0.141. The number of aromatic nitrogens is 2. The van der Waals surface area contributed by atoms with Crippen molar-refractivity contribution in [2.75, 3.05) is 7.11 Å². The van der Waals surface area contributed by atoms with Crippen molar-refractivity contribution < 1.29 is 22.3 Å². The zero-order valence-corrected chi connectivity index (χ0v) is 18.5. The molecule has 0 saturated heterocycles. The van der Waals surface area contributed by atoms with Gasteiger partial charge in [-0.1, -0.05) is 18.2 Å². The van der Waals surface area contributed by atoms with Gasteiger partial charge in [0.05, 0.1) is 17.7 Å². The zero-order valence-electron chi connectivity index (χ0n) is 16.8. The van der Waals surface area contributed by atoms with E-state index in [0.717, 1.165) is 22.6 Å². The number of hydrogen-bond acceptors (Lipinski definition) is 6. The maximum Gasteiger partial charge on any atom is 0.325 e. The first kappa shape index (κ1) is 21.2. The molecule has 0 aliphatic carbocycles. The zero-order chi connectivity index (χ0) is 22.2. The first-order valence-electron chi connectivity index (χ1n) is 9.40. The highest BCUT2D eigenvalue weighted by Gasteiger charge is 2.23. The van der Waals surface area contributed by atoms with Crippen LogP contribution in [0.1, 0.15) is 17.0 Å². The standard InChI is InChI=1S/C22H19FN2O4S2/c1-14-18(19-10-15(23)8-9-20(19)25(14)12-21(26)29-2)11-16-13-30-22(24-16)31(27,28)17-6-4-3-5-7-17/h3-10,13H,11-12H2,1-2H3. The van der Waals surface area contributed by atoms with E-state index in [4.69, 9.17) is 4.74 Å². The molecule has 0 aliphatic rings. The van der Waals surface area contributed by atoms with E-state index < -0.39 is 21.6 Å². The number of ether oxygens (including phenoxy) is 1. The Labute approximate surface area is 182 Å². The largest absolute Gasteiger partial charge is 0.468 e. The highest BCUT2D eigenvalue weighted by Crippen LogP contribution is 2.31. The molecule has 0 bridgehead atoms. The summed E-state index contributed by atoms with van der Waals surface area (Å²) in [6, 6.07) is 12.5. The molecule has 0 N–H and O–H groups in total. The summed E-state index contributed by atoms with van der Waals surface area (Å²) in [4.78, 5) is 16.4. The molecule has 2 aromatic heterocycles. The first-order chi connectivity index (χ1) is 14.8. The minimum Gasteiger partial charge on any atom is -0.468 e. The number of benzene rings is 2. The predicted octanol–water partition coefficient (Wildman–Crippen LogP) is 4.14. The summed E-state index contributed by atoms with van der Waals surface area (Å²) in [5.74, 6) is -0.810. The fourth-order valence-electron chi connectivity index (χ4n) is 3.52.